The van der Waals surface area contributed by atoms with E-state index in [1.807, 2.05) is 24.3 Å². The fourth-order valence-corrected chi connectivity index (χ4v) is 3.74. The molecule has 0 bridgehead atoms. The van der Waals surface area contributed by atoms with Gasteiger partial charge in [-0.1, -0.05) is 32.9 Å². The van der Waals surface area contributed by atoms with Crippen molar-refractivity contribution in [1.29, 1.82) is 0 Å². The molecule has 9 nitrogen and oxygen atoms in total. The van der Waals surface area contributed by atoms with Gasteiger partial charge in [-0.05, 0) is 48.1 Å². The lowest BCUT2D eigenvalue weighted by atomic mass is 9.87. The summed E-state index contributed by atoms with van der Waals surface area (Å²) in [4.78, 5) is 21.0. The summed E-state index contributed by atoms with van der Waals surface area (Å²) in [6, 6.07) is 10.8. The van der Waals surface area contributed by atoms with E-state index in [0.29, 0.717) is 29.8 Å². The number of aliphatic hydroxyl groups excluding tert-OH is 1. The summed E-state index contributed by atoms with van der Waals surface area (Å²) in [5.41, 5.74) is 3.36. The number of aromatic nitrogens is 4. The number of alkyl halides is 3. The van der Waals surface area contributed by atoms with Gasteiger partial charge in [0.2, 0.25) is 5.89 Å². The summed E-state index contributed by atoms with van der Waals surface area (Å²) in [5.74, 6) is -0.513. The lowest BCUT2D eigenvalue weighted by Gasteiger charge is -2.19. The van der Waals surface area contributed by atoms with Gasteiger partial charge in [0.1, 0.15) is 18.6 Å². The number of rotatable bonds is 9. The van der Waals surface area contributed by atoms with Crippen molar-refractivity contribution < 1.29 is 27.5 Å². The minimum Gasteiger partial charge on any atom is -0.444 e. The monoisotopic (exact) mass is 542 g/mol. The second-order valence-electron chi connectivity index (χ2n) is 9.95. The topological polar surface area (TPSA) is 118 Å². The molecule has 0 unspecified atom stereocenters. The van der Waals surface area contributed by atoms with E-state index >= 15 is 0 Å². The Morgan fingerprint density at radius 2 is 1.87 bits per heavy atom. The highest BCUT2D eigenvalue weighted by Gasteiger charge is 2.27. The van der Waals surface area contributed by atoms with Crippen molar-refractivity contribution in [2.45, 2.75) is 45.2 Å². The molecule has 0 radical (unpaired) electrons. The fourth-order valence-electron chi connectivity index (χ4n) is 3.74. The van der Waals surface area contributed by atoms with Crippen molar-refractivity contribution in [2.24, 2.45) is 0 Å². The fraction of sp³-hybridized carbons (Fsp3) is 0.333. The van der Waals surface area contributed by atoms with Crippen LogP contribution < -0.4 is 10.6 Å². The molecule has 0 saturated carbocycles. The minimum atomic E-state index is -4.40. The van der Waals surface area contributed by atoms with Crippen LogP contribution >= 0.6 is 0 Å². The average Bonchev–Trinajstić information content (AvgIpc) is 3.53. The van der Waals surface area contributed by atoms with Gasteiger partial charge in [0.15, 0.2) is 5.69 Å². The van der Waals surface area contributed by atoms with E-state index in [1.165, 1.54) is 23.9 Å². The van der Waals surface area contributed by atoms with Crippen LogP contribution in [0.3, 0.4) is 0 Å². The number of anilines is 2. The number of carbonyl (C=O) groups excluding carboxylic acids is 1. The second kappa shape index (κ2) is 11.3. The molecule has 0 spiro atoms. The highest BCUT2D eigenvalue weighted by molar-refractivity contribution is 6.03. The normalized spacial score (nSPS) is 12.0. The largest absolute Gasteiger partial charge is 0.444 e. The molecular weight excluding hydrogens is 513 g/mol. The molecule has 0 atom stereocenters. The quantitative estimate of drug-likeness (QED) is 0.260. The maximum Gasteiger partial charge on any atom is 0.405 e. The predicted octanol–water partition coefficient (Wildman–Crippen LogP) is 5.37. The average molecular weight is 543 g/mol. The Bertz CT molecular complexity index is 1420. The van der Waals surface area contributed by atoms with E-state index in [9.17, 15) is 23.1 Å². The first kappa shape index (κ1) is 27.8. The molecule has 0 aliphatic carbocycles. The van der Waals surface area contributed by atoms with Gasteiger partial charge in [0.05, 0.1) is 23.3 Å². The zero-order valence-corrected chi connectivity index (χ0v) is 21.7. The summed E-state index contributed by atoms with van der Waals surface area (Å²) >= 11 is 0. The van der Waals surface area contributed by atoms with Crippen LogP contribution in [-0.2, 0) is 11.8 Å². The molecule has 3 aromatic heterocycles. The number of nitrogens with zero attached hydrogens (tertiary/aromatic N) is 4. The summed E-state index contributed by atoms with van der Waals surface area (Å²) in [6.07, 6.45) is 0.674. The predicted molar refractivity (Wildman–Crippen MR) is 140 cm³/mol. The summed E-state index contributed by atoms with van der Waals surface area (Å²) < 4.78 is 44.6. The molecule has 0 aliphatic rings. The molecule has 206 valence electrons. The minimum absolute atomic E-state index is 0.00191. The van der Waals surface area contributed by atoms with Crippen LogP contribution in [-0.4, -0.2) is 50.1 Å². The first-order chi connectivity index (χ1) is 18.4. The van der Waals surface area contributed by atoms with Gasteiger partial charge < -0.3 is 20.2 Å². The molecule has 0 fully saturated rings. The summed E-state index contributed by atoms with van der Waals surface area (Å²) in [5, 5.41) is 18.9. The molecule has 3 N–H and O–H groups in total. The van der Waals surface area contributed by atoms with E-state index in [-0.39, 0.29) is 29.4 Å². The third kappa shape index (κ3) is 7.23. The molecule has 1 aromatic carbocycles. The van der Waals surface area contributed by atoms with E-state index in [1.54, 1.807) is 10.9 Å². The Balaban J connectivity index is 1.52. The van der Waals surface area contributed by atoms with Crippen LogP contribution in [0, 0.1) is 0 Å². The lowest BCUT2D eigenvalue weighted by Crippen LogP contribution is -2.21. The van der Waals surface area contributed by atoms with Crippen LogP contribution in [0.5, 0.6) is 0 Å². The summed E-state index contributed by atoms with van der Waals surface area (Å²) in [7, 11) is 0. The molecule has 3 heterocycles. The highest BCUT2D eigenvalue weighted by atomic mass is 19.4. The molecule has 0 saturated heterocycles. The van der Waals surface area contributed by atoms with E-state index in [0.717, 1.165) is 12.0 Å². The number of pyridine rings is 1. The molecule has 1 amide bonds. The van der Waals surface area contributed by atoms with Crippen molar-refractivity contribution in [2.75, 3.05) is 23.8 Å². The van der Waals surface area contributed by atoms with Gasteiger partial charge >= 0.3 is 6.18 Å². The van der Waals surface area contributed by atoms with Gasteiger partial charge in [0.25, 0.3) is 5.91 Å². The molecule has 0 aliphatic heterocycles. The Hall–Kier alpha value is -4.19. The molecular formula is C27H29F3N6O3. The maximum absolute atomic E-state index is 13.0. The van der Waals surface area contributed by atoms with Crippen molar-refractivity contribution >= 4 is 17.4 Å². The third-order valence-corrected chi connectivity index (χ3v) is 5.82. The molecule has 4 aromatic rings. The number of nitrogens with one attached hydrogen (secondary N) is 2. The van der Waals surface area contributed by atoms with Crippen LogP contribution in [0.1, 0.15) is 48.9 Å². The molecule has 39 heavy (non-hydrogen) atoms. The van der Waals surface area contributed by atoms with Crippen molar-refractivity contribution in [1.82, 2.24) is 19.7 Å². The highest BCUT2D eigenvalue weighted by Crippen LogP contribution is 2.26. The first-order valence-corrected chi connectivity index (χ1v) is 12.3. The standard InChI is InChI=1S/C27H29F3N6O3/c1-26(2,3)18-6-8-19(9-7-18)36-14-21(20(35-36)5-4-12-37)33-24(38)22-15-39-25(34-22)17-10-11-31-23(13-17)32-16-27(28,29)30/h6-11,13-15,37H,4-5,12,16H2,1-3H3,(H,31,32)(H,33,38). The SMILES string of the molecule is CC(C)(C)c1ccc(-n2cc(NC(=O)c3coc(-c4ccnc(NCC(F)(F)F)c4)n3)c(CCCO)n2)cc1. The molecule has 4 rings (SSSR count). The number of carbonyl (C=O) groups is 1. The lowest BCUT2D eigenvalue weighted by molar-refractivity contribution is -0.115. The number of oxazole rings is 1. The molecule has 12 heteroatoms. The van der Waals surface area contributed by atoms with E-state index < -0.39 is 18.6 Å². The first-order valence-electron chi connectivity index (χ1n) is 12.3. The van der Waals surface area contributed by atoms with Gasteiger partial charge in [-0.25, -0.2) is 14.6 Å². The zero-order chi connectivity index (χ0) is 28.2. The third-order valence-electron chi connectivity index (χ3n) is 5.82. The maximum atomic E-state index is 13.0. The number of aliphatic hydroxyl groups is 1. The van der Waals surface area contributed by atoms with Crippen molar-refractivity contribution in [3.8, 4) is 17.1 Å². The van der Waals surface area contributed by atoms with Crippen LogP contribution in [0.2, 0.25) is 0 Å². The van der Waals surface area contributed by atoms with Gasteiger partial charge in [0, 0.05) is 18.4 Å². The number of amides is 1. The number of aryl methyl sites for hydroxylation is 1. The number of benzene rings is 1. The number of halogens is 3. The number of hydrogen-bond acceptors (Lipinski definition) is 7. The smallest absolute Gasteiger partial charge is 0.405 e. The Labute approximate surface area is 223 Å². The van der Waals surface area contributed by atoms with Gasteiger partial charge in [-0.15, -0.1) is 0 Å². The van der Waals surface area contributed by atoms with E-state index in [2.05, 4.69) is 46.5 Å². The van der Waals surface area contributed by atoms with Crippen LogP contribution in [0.15, 0.2) is 59.5 Å². The Morgan fingerprint density at radius 1 is 1.13 bits per heavy atom. The Morgan fingerprint density at radius 3 is 2.54 bits per heavy atom. The van der Waals surface area contributed by atoms with Gasteiger partial charge in [-0.3, -0.25) is 4.79 Å². The van der Waals surface area contributed by atoms with Crippen molar-refractivity contribution in [3.63, 3.8) is 0 Å². The second-order valence-corrected chi connectivity index (χ2v) is 9.95. The Kier molecular flexibility index (Phi) is 8.05. The van der Waals surface area contributed by atoms with Crippen LogP contribution in [0.25, 0.3) is 17.1 Å². The number of hydrogen-bond donors (Lipinski definition) is 3. The van der Waals surface area contributed by atoms with Gasteiger partial charge in [-0.2, -0.15) is 18.3 Å². The van der Waals surface area contributed by atoms with Crippen LogP contribution in [0.4, 0.5) is 24.7 Å². The van der Waals surface area contributed by atoms with E-state index in [4.69, 9.17) is 4.42 Å². The van der Waals surface area contributed by atoms with Crippen molar-refractivity contribution in [3.05, 3.63) is 72.0 Å². The zero-order valence-electron chi connectivity index (χ0n) is 21.7. The summed E-state index contributed by atoms with van der Waals surface area (Å²) in [6.45, 7) is 5.12.